The van der Waals surface area contributed by atoms with Gasteiger partial charge in [-0.3, -0.25) is 19.1 Å². The maximum atomic E-state index is 12.8. The number of hydrogen-bond acceptors (Lipinski definition) is 6. The Bertz CT molecular complexity index is 690. The van der Waals surface area contributed by atoms with Crippen LogP contribution in [0.4, 0.5) is 0 Å². The molecule has 1 unspecified atom stereocenters. The van der Waals surface area contributed by atoms with Gasteiger partial charge in [-0.2, -0.15) is 0 Å². The molecule has 9 heteroatoms. The fraction of sp³-hybridized carbons (Fsp3) is 0.500. The summed E-state index contributed by atoms with van der Waals surface area (Å²) in [5, 5.41) is 6.89. The van der Waals surface area contributed by atoms with Gasteiger partial charge in [0.2, 0.25) is 5.43 Å². The Labute approximate surface area is 158 Å². The van der Waals surface area contributed by atoms with Gasteiger partial charge in [-0.1, -0.05) is 0 Å². The number of ether oxygens (including phenoxy) is 2. The van der Waals surface area contributed by atoms with E-state index in [-0.39, 0.29) is 41.5 Å². The van der Waals surface area contributed by atoms with Crippen LogP contribution < -0.4 is 15.6 Å². The van der Waals surface area contributed by atoms with Crippen LogP contribution in [0.3, 0.4) is 0 Å². The Kier molecular flexibility index (Phi) is 9.07. The fourth-order valence-electron chi connectivity index (χ4n) is 3.02. The van der Waals surface area contributed by atoms with E-state index in [1.54, 1.807) is 29.8 Å². The lowest BCUT2D eigenvalue weighted by Gasteiger charge is -2.41. The minimum absolute atomic E-state index is 0.0134. The molecule has 1 aromatic rings. The first-order valence-electron chi connectivity index (χ1n) is 8.60. The number of carboxylic acid groups (broad SMARTS) is 1. The predicted octanol–water partition coefficient (Wildman–Crippen LogP) is 1.27. The molecule has 2 N–H and O–H groups in total. The van der Waals surface area contributed by atoms with Gasteiger partial charge in [0.05, 0.1) is 6.61 Å². The summed E-state index contributed by atoms with van der Waals surface area (Å²) < 4.78 is 12.3. The molecule has 1 aromatic heterocycles. The smallest absolute Gasteiger partial charge is 0.290 e. The summed E-state index contributed by atoms with van der Waals surface area (Å²) in [5.74, 6) is -0.0608. The van der Waals surface area contributed by atoms with Crippen molar-refractivity contribution in [1.29, 1.82) is 0 Å². The van der Waals surface area contributed by atoms with E-state index in [9.17, 15) is 9.59 Å². The topological polar surface area (TPSA) is 110 Å². The van der Waals surface area contributed by atoms with Crippen molar-refractivity contribution in [2.75, 3.05) is 25.7 Å². The normalized spacial score (nSPS) is 18.2. The Morgan fingerprint density at radius 2 is 2.07 bits per heavy atom. The predicted molar refractivity (Wildman–Crippen MR) is 101 cm³/mol. The molecule has 0 radical (unpaired) electrons. The average molecular weight is 381 g/mol. The number of rotatable bonds is 4. The Morgan fingerprint density at radius 1 is 1.41 bits per heavy atom. The molecule has 0 aliphatic carbocycles. The van der Waals surface area contributed by atoms with Gasteiger partial charge in [0.25, 0.3) is 12.4 Å². The molecule has 1 fully saturated rings. The summed E-state index contributed by atoms with van der Waals surface area (Å²) in [4.78, 5) is 35.1. The summed E-state index contributed by atoms with van der Waals surface area (Å²) in [7, 11) is 1.57. The lowest BCUT2D eigenvalue weighted by molar-refractivity contribution is -0.122. The molecule has 3 heterocycles. The first-order valence-corrected chi connectivity index (χ1v) is 8.60. The molecule has 0 bridgehead atoms. The summed E-state index contributed by atoms with van der Waals surface area (Å²) >= 11 is 0. The molecule has 0 aromatic carbocycles. The lowest BCUT2D eigenvalue weighted by atomic mass is 10.1. The number of piperidine rings is 1. The van der Waals surface area contributed by atoms with Gasteiger partial charge in [-0.15, -0.1) is 13.2 Å². The van der Waals surface area contributed by atoms with Gasteiger partial charge in [-0.05, 0) is 26.2 Å². The van der Waals surface area contributed by atoms with Gasteiger partial charge in [-0.25, -0.2) is 0 Å². The van der Waals surface area contributed by atoms with Gasteiger partial charge >= 0.3 is 0 Å². The summed E-state index contributed by atoms with van der Waals surface area (Å²) in [6.07, 6.45) is 4.25. The van der Waals surface area contributed by atoms with Gasteiger partial charge < -0.3 is 24.9 Å². The van der Waals surface area contributed by atoms with Gasteiger partial charge in [0.1, 0.15) is 12.3 Å². The molecular formula is C18H27N3O6. The highest BCUT2D eigenvalue weighted by molar-refractivity contribution is 5.96. The number of carbonyl (C=O) groups excluding carboxylic acids is 1. The standard InChI is InChI=1S/C15H21N3O4.C2H4.CH2O2/c1-10(9-21-2)22-14-11(19)6-8-18-13(14)15(20)17-7-4-3-5-12(17)16-18;1-2;2-1-3/h6,8,10,12,16H,3-5,7,9H2,1-2H3;1-2H2;1H,(H,2,3)/t10-,12?;;/m1../s1. The molecule has 3 rings (SSSR count). The lowest BCUT2D eigenvalue weighted by Crippen LogP contribution is -2.56. The number of nitrogens with one attached hydrogen (secondary N) is 1. The van der Waals surface area contributed by atoms with Crippen molar-refractivity contribution in [2.45, 2.75) is 38.5 Å². The summed E-state index contributed by atoms with van der Waals surface area (Å²) in [5.41, 5.74) is 3.25. The van der Waals surface area contributed by atoms with Crippen LogP contribution in [0.2, 0.25) is 0 Å². The van der Waals surface area contributed by atoms with Crippen molar-refractivity contribution in [1.82, 2.24) is 9.58 Å². The van der Waals surface area contributed by atoms with Crippen LogP contribution in [0.15, 0.2) is 30.2 Å². The van der Waals surface area contributed by atoms with E-state index in [0.29, 0.717) is 13.2 Å². The van der Waals surface area contributed by atoms with Gasteiger partial charge in [0.15, 0.2) is 11.4 Å². The Hall–Kier alpha value is -2.81. The zero-order valence-corrected chi connectivity index (χ0v) is 15.7. The van der Waals surface area contributed by atoms with Crippen LogP contribution in [-0.2, 0) is 9.53 Å². The molecule has 2 aliphatic rings. The second kappa shape index (κ2) is 11.0. The number of amides is 1. The highest BCUT2D eigenvalue weighted by atomic mass is 16.5. The molecule has 150 valence electrons. The van der Waals surface area contributed by atoms with Crippen molar-refractivity contribution in [3.63, 3.8) is 0 Å². The molecule has 0 spiro atoms. The second-order valence-electron chi connectivity index (χ2n) is 5.86. The largest absolute Gasteiger partial charge is 0.483 e. The number of aromatic nitrogens is 1. The van der Waals surface area contributed by atoms with E-state index in [1.807, 2.05) is 0 Å². The quantitative estimate of drug-likeness (QED) is 0.597. The summed E-state index contributed by atoms with van der Waals surface area (Å²) in [6, 6.07) is 1.41. The third-order valence-electron chi connectivity index (χ3n) is 4.03. The molecule has 1 saturated heterocycles. The highest BCUT2D eigenvalue weighted by Crippen LogP contribution is 2.26. The van der Waals surface area contributed by atoms with E-state index in [4.69, 9.17) is 19.4 Å². The first kappa shape index (κ1) is 22.2. The van der Waals surface area contributed by atoms with E-state index in [1.165, 1.54) is 6.07 Å². The molecule has 9 nitrogen and oxygen atoms in total. The fourth-order valence-corrected chi connectivity index (χ4v) is 3.02. The van der Waals surface area contributed by atoms with Crippen molar-refractivity contribution in [3.8, 4) is 5.75 Å². The molecule has 2 aliphatic heterocycles. The maximum Gasteiger partial charge on any atom is 0.290 e. The average Bonchev–Trinajstić information content (AvgIpc) is 2.67. The van der Waals surface area contributed by atoms with E-state index in [2.05, 4.69) is 18.6 Å². The number of methoxy groups -OCH3 is 1. The molecule has 0 saturated carbocycles. The number of nitrogens with zero attached hydrogens (tertiary/aromatic N) is 2. The van der Waals surface area contributed by atoms with Crippen LogP contribution in [0, 0.1) is 0 Å². The number of pyridine rings is 1. The van der Waals surface area contributed by atoms with E-state index in [0.717, 1.165) is 19.3 Å². The SMILES string of the molecule is C=C.COC[C@@H](C)Oc1c2n(ccc1=O)NC1CCCCN1C2=O.O=CO. The van der Waals surface area contributed by atoms with E-state index >= 15 is 0 Å². The third kappa shape index (κ3) is 5.33. The Balaban J connectivity index is 0.000000665. The van der Waals surface area contributed by atoms with Crippen molar-refractivity contribution < 1.29 is 24.2 Å². The van der Waals surface area contributed by atoms with Crippen LogP contribution >= 0.6 is 0 Å². The third-order valence-corrected chi connectivity index (χ3v) is 4.03. The number of fused-ring (bicyclic) bond motifs is 2. The molecular weight excluding hydrogens is 354 g/mol. The minimum Gasteiger partial charge on any atom is -0.483 e. The van der Waals surface area contributed by atoms with Crippen LogP contribution in [0.1, 0.15) is 36.7 Å². The maximum absolute atomic E-state index is 12.8. The van der Waals surface area contributed by atoms with Crippen LogP contribution in [0.25, 0.3) is 0 Å². The second-order valence-corrected chi connectivity index (χ2v) is 5.86. The van der Waals surface area contributed by atoms with Crippen molar-refractivity contribution >= 4 is 12.4 Å². The monoisotopic (exact) mass is 381 g/mol. The molecule has 1 amide bonds. The van der Waals surface area contributed by atoms with Crippen molar-refractivity contribution in [3.05, 3.63) is 41.3 Å². The zero-order valence-electron chi connectivity index (χ0n) is 15.7. The zero-order chi connectivity index (χ0) is 20.4. The number of hydrogen-bond donors (Lipinski definition) is 2. The highest BCUT2D eigenvalue weighted by Gasteiger charge is 2.36. The number of carbonyl (C=O) groups is 2. The van der Waals surface area contributed by atoms with Crippen LogP contribution in [0.5, 0.6) is 5.75 Å². The summed E-state index contributed by atoms with van der Waals surface area (Å²) in [6.45, 7) is 8.60. The van der Waals surface area contributed by atoms with Crippen LogP contribution in [-0.4, -0.2) is 59.6 Å². The molecule has 27 heavy (non-hydrogen) atoms. The van der Waals surface area contributed by atoms with Crippen molar-refractivity contribution in [2.24, 2.45) is 0 Å². The first-order chi connectivity index (χ1) is 13.0. The Morgan fingerprint density at radius 3 is 2.70 bits per heavy atom. The minimum atomic E-state index is -0.309. The molecule has 2 atom stereocenters. The van der Waals surface area contributed by atoms with E-state index < -0.39 is 0 Å². The van der Waals surface area contributed by atoms with Gasteiger partial charge in [0, 0.05) is 25.9 Å².